The Labute approximate surface area is 94.2 Å². The lowest BCUT2D eigenvalue weighted by molar-refractivity contribution is 0.0950. The summed E-state index contributed by atoms with van der Waals surface area (Å²) < 4.78 is 32.7. The summed E-state index contributed by atoms with van der Waals surface area (Å²) in [6.07, 6.45) is 0.734. The van der Waals surface area contributed by atoms with Gasteiger partial charge in [0.05, 0.1) is 10.5 Å². The van der Waals surface area contributed by atoms with Crippen molar-refractivity contribution < 1.29 is 17.8 Å². The molecule has 1 amide bonds. The second-order valence-corrected chi connectivity index (χ2v) is 4.55. The molecule has 6 heteroatoms. The maximum atomic E-state index is 11.6. The van der Waals surface area contributed by atoms with Crippen LogP contribution in [-0.2, 0) is 10.1 Å². The predicted octanol–water partition coefficient (Wildman–Crippen LogP) is 0.731. The highest BCUT2D eigenvalue weighted by molar-refractivity contribution is 7.85. The molecule has 0 fully saturated rings. The van der Waals surface area contributed by atoms with E-state index >= 15 is 0 Å². The van der Waals surface area contributed by atoms with E-state index in [1.807, 2.05) is 6.92 Å². The van der Waals surface area contributed by atoms with E-state index < -0.39 is 20.9 Å². The standard InChI is InChI=1S/C10H13NO4S/c1-2-7-11-10(12)8-5-3-4-6-9(8)16(13,14)15/h3-6H,2,7H2,1H3,(H,11,12)(H,13,14,15)/p-1. The number of carbonyl (C=O) groups excluding carboxylic acids is 1. The Kier molecular flexibility index (Phi) is 4.03. The van der Waals surface area contributed by atoms with Crippen molar-refractivity contribution in [1.29, 1.82) is 0 Å². The molecule has 0 saturated heterocycles. The SMILES string of the molecule is CCCNC(=O)c1ccccc1S(=O)(=O)[O-]. The van der Waals surface area contributed by atoms with Gasteiger partial charge in [-0.3, -0.25) is 4.79 Å². The first-order valence-electron chi connectivity index (χ1n) is 4.80. The van der Waals surface area contributed by atoms with Gasteiger partial charge in [0.15, 0.2) is 0 Å². The fourth-order valence-electron chi connectivity index (χ4n) is 1.21. The van der Waals surface area contributed by atoms with Gasteiger partial charge in [0, 0.05) is 6.54 Å². The number of hydrogen-bond donors (Lipinski definition) is 1. The van der Waals surface area contributed by atoms with Crippen molar-refractivity contribution in [2.75, 3.05) is 6.54 Å². The van der Waals surface area contributed by atoms with E-state index in [4.69, 9.17) is 0 Å². The fourth-order valence-corrected chi connectivity index (χ4v) is 1.88. The van der Waals surface area contributed by atoms with E-state index in [0.717, 1.165) is 12.5 Å². The monoisotopic (exact) mass is 242 g/mol. The summed E-state index contributed by atoms with van der Waals surface area (Å²) in [6.45, 7) is 2.31. The first kappa shape index (κ1) is 12.7. The molecule has 0 aliphatic heterocycles. The smallest absolute Gasteiger partial charge is 0.252 e. The van der Waals surface area contributed by atoms with E-state index in [-0.39, 0.29) is 5.56 Å². The molecular weight excluding hydrogens is 230 g/mol. The quantitative estimate of drug-likeness (QED) is 0.788. The maximum Gasteiger partial charge on any atom is 0.252 e. The van der Waals surface area contributed by atoms with Crippen LogP contribution in [0, 0.1) is 0 Å². The second kappa shape index (κ2) is 5.09. The largest absolute Gasteiger partial charge is 0.744 e. The Morgan fingerprint density at radius 3 is 2.56 bits per heavy atom. The van der Waals surface area contributed by atoms with Gasteiger partial charge in [-0.1, -0.05) is 19.1 Å². The van der Waals surface area contributed by atoms with Crippen LogP contribution in [0.2, 0.25) is 0 Å². The summed E-state index contributed by atoms with van der Waals surface area (Å²) in [6, 6.07) is 5.36. The highest BCUT2D eigenvalue weighted by Crippen LogP contribution is 2.14. The van der Waals surface area contributed by atoms with Gasteiger partial charge in [-0.05, 0) is 18.6 Å². The van der Waals surface area contributed by atoms with Crippen molar-refractivity contribution in [3.05, 3.63) is 29.8 Å². The van der Waals surface area contributed by atoms with Crippen LogP contribution < -0.4 is 5.32 Å². The molecule has 1 rings (SSSR count). The van der Waals surface area contributed by atoms with Gasteiger partial charge in [0.25, 0.3) is 5.91 Å². The lowest BCUT2D eigenvalue weighted by atomic mass is 10.2. The minimum absolute atomic E-state index is 0.106. The van der Waals surface area contributed by atoms with Gasteiger partial charge in [-0.15, -0.1) is 0 Å². The van der Waals surface area contributed by atoms with Crippen LogP contribution in [0.1, 0.15) is 23.7 Å². The summed E-state index contributed by atoms with van der Waals surface area (Å²) in [7, 11) is -4.61. The zero-order valence-electron chi connectivity index (χ0n) is 8.76. The van der Waals surface area contributed by atoms with Gasteiger partial charge < -0.3 is 9.87 Å². The topological polar surface area (TPSA) is 86.3 Å². The number of benzene rings is 1. The molecular formula is C10H12NO4S-. The maximum absolute atomic E-state index is 11.6. The molecule has 1 N–H and O–H groups in total. The van der Waals surface area contributed by atoms with Crippen molar-refractivity contribution in [2.24, 2.45) is 0 Å². The van der Waals surface area contributed by atoms with Gasteiger partial charge >= 0.3 is 0 Å². The molecule has 0 unspecified atom stereocenters. The zero-order chi connectivity index (χ0) is 12.2. The van der Waals surface area contributed by atoms with E-state index in [2.05, 4.69) is 5.32 Å². The van der Waals surface area contributed by atoms with E-state index in [9.17, 15) is 17.8 Å². The molecule has 0 aliphatic carbocycles. The number of carbonyl (C=O) groups is 1. The minimum Gasteiger partial charge on any atom is -0.744 e. The lowest BCUT2D eigenvalue weighted by Gasteiger charge is -2.12. The number of rotatable bonds is 4. The highest BCUT2D eigenvalue weighted by Gasteiger charge is 2.14. The molecule has 0 bridgehead atoms. The molecule has 0 atom stereocenters. The average molecular weight is 242 g/mol. The van der Waals surface area contributed by atoms with Gasteiger partial charge in [0.2, 0.25) is 0 Å². The normalized spacial score (nSPS) is 11.1. The molecule has 5 nitrogen and oxygen atoms in total. The minimum atomic E-state index is -4.61. The summed E-state index contributed by atoms with van der Waals surface area (Å²) in [5.74, 6) is -0.545. The van der Waals surface area contributed by atoms with Gasteiger partial charge in [0.1, 0.15) is 10.1 Å². The Morgan fingerprint density at radius 1 is 1.38 bits per heavy atom. The molecule has 0 radical (unpaired) electrons. The molecule has 0 heterocycles. The van der Waals surface area contributed by atoms with Gasteiger partial charge in [-0.25, -0.2) is 8.42 Å². The first-order chi connectivity index (χ1) is 7.46. The van der Waals surface area contributed by atoms with Crippen LogP contribution in [-0.4, -0.2) is 25.4 Å². The van der Waals surface area contributed by atoms with Crippen LogP contribution in [0.4, 0.5) is 0 Å². The molecule has 0 saturated carbocycles. The summed E-state index contributed by atoms with van der Waals surface area (Å²) >= 11 is 0. The third-order valence-corrected chi connectivity index (χ3v) is 2.83. The molecule has 1 aromatic rings. The van der Waals surface area contributed by atoms with Crippen LogP contribution in [0.25, 0.3) is 0 Å². The lowest BCUT2D eigenvalue weighted by Crippen LogP contribution is -2.25. The Hall–Kier alpha value is -1.40. The highest BCUT2D eigenvalue weighted by atomic mass is 32.2. The van der Waals surface area contributed by atoms with E-state index in [1.54, 1.807) is 0 Å². The predicted molar refractivity (Wildman–Crippen MR) is 57.0 cm³/mol. The van der Waals surface area contributed by atoms with Crippen LogP contribution >= 0.6 is 0 Å². The Morgan fingerprint density at radius 2 is 2.00 bits per heavy atom. The molecule has 16 heavy (non-hydrogen) atoms. The van der Waals surface area contributed by atoms with Crippen LogP contribution in [0.3, 0.4) is 0 Å². The molecule has 0 aromatic heterocycles. The molecule has 0 spiro atoms. The van der Waals surface area contributed by atoms with Gasteiger partial charge in [-0.2, -0.15) is 0 Å². The molecule has 0 aliphatic rings. The third kappa shape index (κ3) is 3.04. The summed E-state index contributed by atoms with van der Waals surface area (Å²) in [4.78, 5) is 11.1. The Bertz CT molecular complexity index is 481. The van der Waals surface area contributed by atoms with E-state index in [0.29, 0.717) is 6.54 Å². The average Bonchev–Trinajstić information content (AvgIpc) is 2.24. The summed E-state index contributed by atoms with van der Waals surface area (Å²) in [5.41, 5.74) is -0.106. The number of amides is 1. The number of nitrogens with one attached hydrogen (secondary N) is 1. The summed E-state index contributed by atoms with van der Waals surface area (Å²) in [5, 5.41) is 2.52. The van der Waals surface area contributed by atoms with Crippen molar-refractivity contribution in [3.63, 3.8) is 0 Å². The zero-order valence-corrected chi connectivity index (χ0v) is 9.58. The van der Waals surface area contributed by atoms with Crippen LogP contribution in [0.15, 0.2) is 29.2 Å². The Balaban J connectivity index is 3.09. The molecule has 88 valence electrons. The van der Waals surface area contributed by atoms with E-state index in [1.165, 1.54) is 18.2 Å². The van der Waals surface area contributed by atoms with Crippen molar-refractivity contribution in [3.8, 4) is 0 Å². The number of hydrogen-bond acceptors (Lipinski definition) is 4. The fraction of sp³-hybridized carbons (Fsp3) is 0.300. The van der Waals surface area contributed by atoms with Crippen molar-refractivity contribution in [2.45, 2.75) is 18.2 Å². The van der Waals surface area contributed by atoms with Crippen molar-refractivity contribution in [1.82, 2.24) is 5.32 Å². The van der Waals surface area contributed by atoms with Crippen LogP contribution in [0.5, 0.6) is 0 Å². The molecule has 1 aromatic carbocycles. The van der Waals surface area contributed by atoms with Crippen molar-refractivity contribution >= 4 is 16.0 Å². The first-order valence-corrected chi connectivity index (χ1v) is 6.20. The third-order valence-electron chi connectivity index (χ3n) is 1.94. The second-order valence-electron chi connectivity index (χ2n) is 3.21.